The zero-order valence-corrected chi connectivity index (χ0v) is 18.0. The van der Waals surface area contributed by atoms with E-state index in [1.165, 1.54) is 32.4 Å². The SMILES string of the molecule is COc1cc(/C=C(\NC(=O)c2ccccc2)C(=O)N2CCCCC2)c([N+](=O)[O-])cc1OC. The summed E-state index contributed by atoms with van der Waals surface area (Å²) in [5.41, 5.74) is 0.157. The van der Waals surface area contributed by atoms with Crippen molar-refractivity contribution in [3.05, 3.63) is 69.4 Å². The predicted octanol–water partition coefficient (Wildman–Crippen LogP) is 3.40. The number of ether oxygens (including phenoxy) is 2. The van der Waals surface area contributed by atoms with Gasteiger partial charge in [0, 0.05) is 18.7 Å². The van der Waals surface area contributed by atoms with E-state index < -0.39 is 16.7 Å². The molecular formula is C23H25N3O6. The van der Waals surface area contributed by atoms with Gasteiger partial charge in [0.25, 0.3) is 17.5 Å². The highest BCUT2D eigenvalue weighted by Crippen LogP contribution is 2.35. The lowest BCUT2D eigenvalue weighted by Gasteiger charge is -2.27. The molecule has 2 amide bonds. The highest BCUT2D eigenvalue weighted by molar-refractivity contribution is 6.05. The Morgan fingerprint density at radius 1 is 1.03 bits per heavy atom. The molecule has 1 saturated heterocycles. The first kappa shape index (κ1) is 22.8. The largest absolute Gasteiger partial charge is 0.493 e. The Morgan fingerprint density at radius 2 is 1.66 bits per heavy atom. The average Bonchev–Trinajstić information content (AvgIpc) is 2.83. The summed E-state index contributed by atoms with van der Waals surface area (Å²) in [6.45, 7) is 1.12. The van der Waals surface area contributed by atoms with Crippen LogP contribution in [-0.4, -0.2) is 48.9 Å². The van der Waals surface area contributed by atoms with Gasteiger partial charge >= 0.3 is 0 Å². The molecule has 0 bridgehead atoms. The van der Waals surface area contributed by atoms with E-state index in [1.54, 1.807) is 35.2 Å². The second-order valence-corrected chi connectivity index (χ2v) is 7.25. The number of nitro groups is 1. The van der Waals surface area contributed by atoms with Crippen LogP contribution in [0.5, 0.6) is 11.5 Å². The number of hydrogen-bond acceptors (Lipinski definition) is 6. The quantitative estimate of drug-likeness (QED) is 0.402. The molecule has 2 aromatic carbocycles. The number of amides is 2. The number of hydrogen-bond donors (Lipinski definition) is 1. The molecule has 9 nitrogen and oxygen atoms in total. The molecule has 3 rings (SSSR count). The monoisotopic (exact) mass is 439 g/mol. The van der Waals surface area contributed by atoms with Gasteiger partial charge in [-0.15, -0.1) is 0 Å². The van der Waals surface area contributed by atoms with E-state index in [0.29, 0.717) is 18.7 Å². The number of benzene rings is 2. The van der Waals surface area contributed by atoms with Gasteiger partial charge in [0.2, 0.25) is 0 Å². The predicted molar refractivity (Wildman–Crippen MR) is 119 cm³/mol. The molecule has 0 aromatic heterocycles. The van der Waals surface area contributed by atoms with E-state index in [2.05, 4.69) is 5.32 Å². The van der Waals surface area contributed by atoms with Gasteiger partial charge in [0.05, 0.1) is 30.8 Å². The molecule has 1 N–H and O–H groups in total. The summed E-state index contributed by atoms with van der Waals surface area (Å²) in [5, 5.41) is 14.3. The molecule has 0 unspecified atom stereocenters. The lowest BCUT2D eigenvalue weighted by atomic mass is 10.1. The van der Waals surface area contributed by atoms with Gasteiger partial charge in [0.1, 0.15) is 5.70 Å². The number of nitrogens with zero attached hydrogens (tertiary/aromatic N) is 2. The van der Waals surface area contributed by atoms with Crippen LogP contribution in [0.1, 0.15) is 35.2 Å². The maximum atomic E-state index is 13.2. The minimum absolute atomic E-state index is 0.0453. The van der Waals surface area contributed by atoms with Crippen molar-refractivity contribution in [2.45, 2.75) is 19.3 Å². The molecule has 0 atom stereocenters. The first-order valence-electron chi connectivity index (χ1n) is 10.2. The molecule has 168 valence electrons. The number of likely N-dealkylation sites (tertiary alicyclic amines) is 1. The van der Waals surface area contributed by atoms with Crippen LogP contribution in [0.4, 0.5) is 5.69 Å². The Labute approximate surface area is 185 Å². The fourth-order valence-corrected chi connectivity index (χ4v) is 3.52. The van der Waals surface area contributed by atoms with E-state index >= 15 is 0 Å². The number of carbonyl (C=O) groups is 2. The highest BCUT2D eigenvalue weighted by Gasteiger charge is 2.25. The molecule has 0 aliphatic carbocycles. The van der Waals surface area contributed by atoms with Crippen molar-refractivity contribution in [1.29, 1.82) is 0 Å². The van der Waals surface area contributed by atoms with Crippen molar-refractivity contribution in [2.24, 2.45) is 0 Å². The van der Waals surface area contributed by atoms with Crippen LogP contribution < -0.4 is 14.8 Å². The molecule has 32 heavy (non-hydrogen) atoms. The van der Waals surface area contributed by atoms with Crippen molar-refractivity contribution in [1.82, 2.24) is 10.2 Å². The van der Waals surface area contributed by atoms with Gasteiger partial charge in [-0.25, -0.2) is 0 Å². The van der Waals surface area contributed by atoms with E-state index in [-0.39, 0.29) is 28.4 Å². The lowest BCUT2D eigenvalue weighted by molar-refractivity contribution is -0.385. The Kier molecular flexibility index (Phi) is 7.43. The van der Waals surface area contributed by atoms with Crippen LogP contribution in [0.25, 0.3) is 6.08 Å². The van der Waals surface area contributed by atoms with Crippen LogP contribution in [0.15, 0.2) is 48.2 Å². The smallest absolute Gasteiger partial charge is 0.280 e. The molecular weight excluding hydrogens is 414 g/mol. The first-order valence-corrected chi connectivity index (χ1v) is 10.2. The topological polar surface area (TPSA) is 111 Å². The minimum atomic E-state index is -0.574. The summed E-state index contributed by atoms with van der Waals surface area (Å²) in [6.07, 6.45) is 4.07. The summed E-state index contributed by atoms with van der Waals surface area (Å²) in [6, 6.07) is 11.1. The Morgan fingerprint density at radius 3 is 2.25 bits per heavy atom. The summed E-state index contributed by atoms with van der Waals surface area (Å²) < 4.78 is 10.4. The van der Waals surface area contributed by atoms with Gasteiger partial charge in [-0.3, -0.25) is 19.7 Å². The van der Waals surface area contributed by atoms with Crippen molar-refractivity contribution in [3.8, 4) is 11.5 Å². The van der Waals surface area contributed by atoms with Crippen LogP contribution in [-0.2, 0) is 4.79 Å². The third-order valence-corrected chi connectivity index (χ3v) is 5.19. The van der Waals surface area contributed by atoms with Gasteiger partial charge in [-0.1, -0.05) is 18.2 Å². The molecule has 2 aromatic rings. The number of nitrogens with one attached hydrogen (secondary N) is 1. The zero-order valence-electron chi connectivity index (χ0n) is 18.0. The van der Waals surface area contributed by atoms with Crippen LogP contribution in [0, 0.1) is 10.1 Å². The van der Waals surface area contributed by atoms with Gasteiger partial charge in [-0.2, -0.15) is 0 Å². The number of nitro benzene ring substituents is 1. The van der Waals surface area contributed by atoms with E-state index in [9.17, 15) is 19.7 Å². The molecule has 9 heteroatoms. The second kappa shape index (κ2) is 10.4. The number of piperidine rings is 1. The fourth-order valence-electron chi connectivity index (χ4n) is 3.52. The number of methoxy groups -OCH3 is 2. The first-order chi connectivity index (χ1) is 15.4. The van der Waals surface area contributed by atoms with Crippen LogP contribution >= 0.6 is 0 Å². The molecule has 0 saturated carbocycles. The Balaban J connectivity index is 2.06. The lowest BCUT2D eigenvalue weighted by Crippen LogP contribution is -2.41. The van der Waals surface area contributed by atoms with Crippen molar-refractivity contribution in [2.75, 3.05) is 27.3 Å². The summed E-state index contributed by atoms with van der Waals surface area (Å²) in [5.74, 6) is -0.416. The van der Waals surface area contributed by atoms with Crippen LogP contribution in [0.3, 0.4) is 0 Å². The van der Waals surface area contributed by atoms with Crippen molar-refractivity contribution in [3.63, 3.8) is 0 Å². The third kappa shape index (κ3) is 5.23. The maximum Gasteiger partial charge on any atom is 0.280 e. The standard InChI is InChI=1S/C23H25N3O6/c1-31-20-14-17(19(26(29)30)15-21(20)32-2)13-18(23(28)25-11-7-4-8-12-25)24-22(27)16-9-5-3-6-10-16/h3,5-6,9-10,13-15H,4,7-8,11-12H2,1-2H3,(H,24,27)/b18-13-. The normalized spacial score (nSPS) is 13.9. The molecule has 1 aliphatic heterocycles. The summed E-state index contributed by atoms with van der Waals surface area (Å²) in [4.78, 5) is 38.8. The van der Waals surface area contributed by atoms with Crippen LogP contribution in [0.2, 0.25) is 0 Å². The molecule has 0 spiro atoms. The van der Waals surface area contributed by atoms with E-state index in [4.69, 9.17) is 9.47 Å². The molecule has 1 heterocycles. The summed E-state index contributed by atoms with van der Waals surface area (Å²) in [7, 11) is 2.79. The zero-order chi connectivity index (χ0) is 23.1. The van der Waals surface area contributed by atoms with Gasteiger partial charge in [-0.05, 0) is 43.5 Å². The Bertz CT molecular complexity index is 1030. The van der Waals surface area contributed by atoms with E-state index in [0.717, 1.165) is 19.3 Å². The minimum Gasteiger partial charge on any atom is -0.493 e. The van der Waals surface area contributed by atoms with E-state index in [1.807, 2.05) is 0 Å². The maximum absolute atomic E-state index is 13.2. The fraction of sp³-hybridized carbons (Fsp3) is 0.304. The third-order valence-electron chi connectivity index (χ3n) is 5.19. The molecule has 1 fully saturated rings. The molecule has 1 aliphatic rings. The van der Waals surface area contributed by atoms with Crippen molar-refractivity contribution >= 4 is 23.6 Å². The van der Waals surface area contributed by atoms with Gasteiger partial charge < -0.3 is 19.7 Å². The number of carbonyl (C=O) groups excluding carboxylic acids is 2. The van der Waals surface area contributed by atoms with Crippen molar-refractivity contribution < 1.29 is 24.0 Å². The highest BCUT2D eigenvalue weighted by atomic mass is 16.6. The second-order valence-electron chi connectivity index (χ2n) is 7.25. The van der Waals surface area contributed by atoms with Gasteiger partial charge in [0.15, 0.2) is 11.5 Å². The average molecular weight is 439 g/mol. The molecule has 0 radical (unpaired) electrons. The Hall–Kier alpha value is -3.88. The number of rotatable bonds is 7. The summed E-state index contributed by atoms with van der Waals surface area (Å²) >= 11 is 0.